The zero-order chi connectivity index (χ0) is 26.3. The summed E-state index contributed by atoms with van der Waals surface area (Å²) < 4.78 is 37.9. The molecule has 0 atom stereocenters. The fraction of sp³-hybridized carbons (Fsp3) is 0.414. The van der Waals surface area contributed by atoms with Crippen LogP contribution >= 0.6 is 0 Å². The van der Waals surface area contributed by atoms with Crippen LogP contribution in [0.25, 0.3) is 17.0 Å². The third kappa shape index (κ3) is 4.55. The second kappa shape index (κ2) is 9.87. The van der Waals surface area contributed by atoms with Crippen LogP contribution in [-0.2, 0) is 16.0 Å². The van der Waals surface area contributed by atoms with Crippen LogP contribution < -0.4 is 14.2 Å². The summed E-state index contributed by atoms with van der Waals surface area (Å²) in [5.74, 6) is 0.897. The molecule has 2 aliphatic heterocycles. The number of likely N-dealkylation sites (tertiary alicyclic amines) is 1. The average molecular weight is 520 g/mol. The molecule has 0 unspecified atom stereocenters. The number of amides is 1. The molecule has 0 bridgehead atoms. The van der Waals surface area contributed by atoms with Gasteiger partial charge in [0.2, 0.25) is 11.8 Å². The van der Waals surface area contributed by atoms with Crippen LogP contribution in [0, 0.1) is 11.2 Å². The van der Waals surface area contributed by atoms with Gasteiger partial charge < -0.3 is 23.8 Å². The molecule has 2 fully saturated rings. The maximum atomic E-state index is 15.1. The van der Waals surface area contributed by atoms with Crippen molar-refractivity contribution >= 4 is 22.9 Å². The first-order valence-corrected chi connectivity index (χ1v) is 12.9. The van der Waals surface area contributed by atoms with Gasteiger partial charge in [0.1, 0.15) is 6.33 Å². The van der Waals surface area contributed by atoms with Gasteiger partial charge >= 0.3 is 0 Å². The molecule has 2 aromatic carbocycles. The molecule has 3 aliphatic rings. The Morgan fingerprint density at radius 3 is 2.68 bits per heavy atom. The van der Waals surface area contributed by atoms with Gasteiger partial charge in [-0.2, -0.15) is 0 Å². The average Bonchev–Trinajstić information content (AvgIpc) is 3.30. The number of hydrogen-bond acceptors (Lipinski definition) is 7. The first kappa shape index (κ1) is 24.6. The zero-order valence-corrected chi connectivity index (χ0v) is 21.6. The number of hydrogen-bond donors (Lipinski definition) is 0. The monoisotopic (exact) mass is 519 g/mol. The van der Waals surface area contributed by atoms with E-state index in [1.165, 1.54) is 13.4 Å². The van der Waals surface area contributed by atoms with Gasteiger partial charge in [-0.1, -0.05) is 17.7 Å². The number of benzene rings is 2. The molecular formula is C29H30FN3O5. The van der Waals surface area contributed by atoms with Crippen molar-refractivity contribution in [3.05, 3.63) is 53.1 Å². The molecule has 1 spiro atoms. The minimum Gasteiger partial charge on any atom is -0.493 e. The Labute approximate surface area is 220 Å². The van der Waals surface area contributed by atoms with Gasteiger partial charge in [-0.05, 0) is 43.9 Å². The van der Waals surface area contributed by atoms with Gasteiger partial charge in [-0.3, -0.25) is 4.79 Å². The summed E-state index contributed by atoms with van der Waals surface area (Å²) in [5, 5.41) is 0.557. The van der Waals surface area contributed by atoms with Crippen LogP contribution in [0.4, 0.5) is 4.39 Å². The van der Waals surface area contributed by atoms with Crippen molar-refractivity contribution in [1.82, 2.24) is 14.9 Å². The molecule has 3 aromatic rings. The van der Waals surface area contributed by atoms with Crippen LogP contribution in [0.5, 0.6) is 23.1 Å². The van der Waals surface area contributed by atoms with E-state index in [-0.39, 0.29) is 30.6 Å². The topological polar surface area (TPSA) is 83.0 Å². The summed E-state index contributed by atoms with van der Waals surface area (Å²) in [6, 6.07) is 6.94. The molecule has 2 saturated heterocycles. The largest absolute Gasteiger partial charge is 0.493 e. The lowest BCUT2D eigenvalue weighted by Crippen LogP contribution is -2.52. The number of carbonyl (C=O) groups is 1. The van der Waals surface area contributed by atoms with E-state index >= 15 is 4.39 Å². The summed E-state index contributed by atoms with van der Waals surface area (Å²) in [4.78, 5) is 23.2. The van der Waals surface area contributed by atoms with Gasteiger partial charge in [0, 0.05) is 30.1 Å². The van der Waals surface area contributed by atoms with Crippen molar-refractivity contribution in [3.8, 4) is 23.1 Å². The molecule has 1 amide bonds. The smallest absolute Gasteiger partial charge is 0.230 e. The zero-order valence-electron chi connectivity index (χ0n) is 21.6. The van der Waals surface area contributed by atoms with E-state index in [1.807, 2.05) is 24.0 Å². The molecule has 38 heavy (non-hydrogen) atoms. The fourth-order valence-corrected chi connectivity index (χ4v) is 5.41. The van der Waals surface area contributed by atoms with Crippen molar-refractivity contribution < 1.29 is 28.1 Å². The van der Waals surface area contributed by atoms with Crippen LogP contribution in [0.15, 0.2) is 36.2 Å². The highest BCUT2D eigenvalue weighted by molar-refractivity contribution is 5.87. The number of nitrogens with zero attached hydrogens (tertiary/aromatic N) is 3. The highest BCUT2D eigenvalue weighted by Crippen LogP contribution is 2.40. The van der Waals surface area contributed by atoms with Gasteiger partial charge in [0.15, 0.2) is 23.1 Å². The molecule has 3 heterocycles. The molecule has 8 nitrogen and oxygen atoms in total. The number of fused-ring (bicyclic) bond motifs is 2. The van der Waals surface area contributed by atoms with Crippen molar-refractivity contribution in [2.45, 2.75) is 32.6 Å². The quantitative estimate of drug-likeness (QED) is 0.437. The van der Waals surface area contributed by atoms with Crippen molar-refractivity contribution in [1.29, 1.82) is 0 Å². The summed E-state index contributed by atoms with van der Waals surface area (Å²) in [7, 11) is 1.53. The normalized spacial score (nSPS) is 17.7. The van der Waals surface area contributed by atoms with E-state index in [2.05, 4.69) is 9.97 Å². The molecule has 198 valence electrons. The first-order valence-electron chi connectivity index (χ1n) is 12.9. The molecule has 0 saturated carbocycles. The predicted molar refractivity (Wildman–Crippen MR) is 139 cm³/mol. The summed E-state index contributed by atoms with van der Waals surface area (Å²) in [5.41, 5.74) is 3.45. The summed E-state index contributed by atoms with van der Waals surface area (Å²) >= 11 is 0. The number of piperidine rings is 1. The van der Waals surface area contributed by atoms with E-state index in [9.17, 15) is 4.79 Å². The van der Waals surface area contributed by atoms with Gasteiger partial charge in [0.05, 0.1) is 44.3 Å². The number of aromatic nitrogens is 2. The van der Waals surface area contributed by atoms with Gasteiger partial charge in [0.25, 0.3) is 0 Å². The Balaban J connectivity index is 1.15. The second-order valence-electron chi connectivity index (χ2n) is 10.4. The second-order valence-corrected chi connectivity index (χ2v) is 10.4. The van der Waals surface area contributed by atoms with Crippen LogP contribution in [-0.4, -0.2) is 60.8 Å². The Morgan fingerprint density at radius 1 is 1.13 bits per heavy atom. The molecule has 1 aliphatic carbocycles. The van der Waals surface area contributed by atoms with E-state index in [4.69, 9.17) is 18.9 Å². The summed E-state index contributed by atoms with van der Waals surface area (Å²) in [6.45, 7) is 5.36. The molecule has 1 aromatic heterocycles. The third-order valence-electron chi connectivity index (χ3n) is 7.75. The van der Waals surface area contributed by atoms with E-state index in [1.54, 1.807) is 18.2 Å². The SMILES string of the molecule is COc1cc2c(Oc3ccc4c(c3F)C=C(C)C4)ncnc2cc1OCCC(=O)N1CCC2(CC1)COC2. The van der Waals surface area contributed by atoms with E-state index < -0.39 is 5.82 Å². The number of halogens is 1. The molecular weight excluding hydrogens is 489 g/mol. The minimum atomic E-state index is -0.410. The van der Waals surface area contributed by atoms with Gasteiger partial charge in [-0.15, -0.1) is 0 Å². The Morgan fingerprint density at radius 2 is 1.95 bits per heavy atom. The number of rotatable bonds is 7. The summed E-state index contributed by atoms with van der Waals surface area (Å²) in [6.07, 6.45) is 6.21. The fourth-order valence-electron chi connectivity index (χ4n) is 5.41. The number of methoxy groups -OCH3 is 1. The van der Waals surface area contributed by atoms with Crippen LogP contribution in [0.2, 0.25) is 0 Å². The number of allylic oxidation sites excluding steroid dienone is 1. The lowest BCUT2D eigenvalue weighted by atomic mass is 9.77. The lowest BCUT2D eigenvalue weighted by Gasteiger charge is -2.47. The Hall–Kier alpha value is -3.72. The molecule has 0 radical (unpaired) electrons. The van der Waals surface area contributed by atoms with E-state index in [0.717, 1.165) is 56.7 Å². The third-order valence-corrected chi connectivity index (χ3v) is 7.75. The van der Waals surface area contributed by atoms with Gasteiger partial charge in [-0.25, -0.2) is 14.4 Å². The molecule has 9 heteroatoms. The Bertz CT molecular complexity index is 1430. The maximum absolute atomic E-state index is 15.1. The molecule has 0 N–H and O–H groups in total. The standard InChI is InChI=1S/C29H30FN3O5/c1-18-11-19-3-4-23(27(30)20(19)12-18)38-28-21-13-24(35-2)25(14-22(21)31-17-32-28)37-10-5-26(34)33-8-6-29(7-9-33)15-36-16-29/h3-4,12-14,17H,5-11,15-16H2,1-2H3. The Kier molecular flexibility index (Phi) is 6.39. The van der Waals surface area contributed by atoms with E-state index in [0.29, 0.717) is 33.4 Å². The van der Waals surface area contributed by atoms with Crippen molar-refractivity contribution in [2.75, 3.05) is 40.0 Å². The highest BCUT2D eigenvalue weighted by atomic mass is 19.1. The van der Waals surface area contributed by atoms with Crippen LogP contribution in [0.3, 0.4) is 0 Å². The molecule has 6 rings (SSSR count). The first-order chi connectivity index (χ1) is 18.4. The number of carbonyl (C=O) groups excluding carboxylic acids is 1. The minimum absolute atomic E-state index is 0.0827. The highest BCUT2D eigenvalue weighted by Gasteiger charge is 2.41. The predicted octanol–water partition coefficient (Wildman–Crippen LogP) is 4.94. The lowest BCUT2D eigenvalue weighted by molar-refractivity contribution is -0.153. The maximum Gasteiger partial charge on any atom is 0.230 e. The number of ether oxygens (including phenoxy) is 4. The van der Waals surface area contributed by atoms with Crippen LogP contribution in [0.1, 0.15) is 37.3 Å². The van der Waals surface area contributed by atoms with Crippen molar-refractivity contribution in [2.24, 2.45) is 5.41 Å². The van der Waals surface area contributed by atoms with Crippen molar-refractivity contribution in [3.63, 3.8) is 0 Å².